The molecule has 102 valence electrons. The normalized spacial score (nSPS) is 25.6. The van der Waals surface area contributed by atoms with Gasteiger partial charge in [-0.1, -0.05) is 0 Å². The number of carbonyl (C=O) groups is 2. The van der Waals surface area contributed by atoms with E-state index in [2.05, 4.69) is 0 Å². The molecule has 0 spiro atoms. The zero-order valence-electron chi connectivity index (χ0n) is 11.2. The quantitative estimate of drug-likeness (QED) is 0.720. The number of methoxy groups -OCH3 is 1. The van der Waals surface area contributed by atoms with E-state index >= 15 is 0 Å². The third kappa shape index (κ3) is 2.83. The summed E-state index contributed by atoms with van der Waals surface area (Å²) in [6.07, 6.45) is 2.74. The number of rotatable bonds is 2. The number of likely N-dealkylation sites (tertiary alicyclic amines) is 2. The van der Waals surface area contributed by atoms with E-state index < -0.39 is 0 Å². The lowest BCUT2D eigenvalue weighted by Gasteiger charge is -2.32. The Labute approximate surface area is 108 Å². The van der Waals surface area contributed by atoms with Gasteiger partial charge in [0.1, 0.15) is 0 Å². The monoisotopic (exact) mass is 254 g/mol. The highest BCUT2D eigenvalue weighted by molar-refractivity contribution is 5.80. The van der Waals surface area contributed by atoms with Gasteiger partial charge in [0.15, 0.2) is 0 Å². The summed E-state index contributed by atoms with van der Waals surface area (Å²) >= 11 is 0. The SMILES string of the molecule is COC1CCN(C(=O)C2CCN(C(C)=O)CC2)C1. The molecule has 18 heavy (non-hydrogen) atoms. The van der Waals surface area contributed by atoms with Crippen molar-refractivity contribution in [3.05, 3.63) is 0 Å². The number of hydrogen-bond acceptors (Lipinski definition) is 3. The standard InChI is InChI=1S/C13H22N2O3/c1-10(16)14-6-3-11(4-7-14)13(17)15-8-5-12(9-15)18-2/h11-12H,3-9H2,1-2H3. The second-order valence-corrected chi connectivity index (χ2v) is 5.21. The molecule has 0 N–H and O–H groups in total. The van der Waals surface area contributed by atoms with Gasteiger partial charge in [0, 0.05) is 46.1 Å². The van der Waals surface area contributed by atoms with Gasteiger partial charge < -0.3 is 14.5 Å². The zero-order valence-corrected chi connectivity index (χ0v) is 11.2. The van der Waals surface area contributed by atoms with Crippen molar-refractivity contribution in [3.63, 3.8) is 0 Å². The van der Waals surface area contributed by atoms with Gasteiger partial charge in [0.25, 0.3) is 0 Å². The maximum atomic E-state index is 12.3. The van der Waals surface area contributed by atoms with Crippen LogP contribution in [0.3, 0.4) is 0 Å². The molecule has 0 aromatic carbocycles. The number of ether oxygens (including phenoxy) is 1. The van der Waals surface area contributed by atoms with Crippen molar-refractivity contribution < 1.29 is 14.3 Å². The second kappa shape index (κ2) is 5.69. The van der Waals surface area contributed by atoms with Crippen molar-refractivity contribution >= 4 is 11.8 Å². The Morgan fingerprint density at radius 1 is 1.06 bits per heavy atom. The van der Waals surface area contributed by atoms with Crippen LogP contribution in [0.1, 0.15) is 26.2 Å². The Kier molecular flexibility index (Phi) is 4.22. The first-order valence-electron chi connectivity index (χ1n) is 6.69. The van der Waals surface area contributed by atoms with Crippen LogP contribution in [-0.2, 0) is 14.3 Å². The van der Waals surface area contributed by atoms with Crippen LogP contribution in [0, 0.1) is 5.92 Å². The van der Waals surface area contributed by atoms with Crippen molar-refractivity contribution in [1.29, 1.82) is 0 Å². The lowest BCUT2D eigenvalue weighted by Crippen LogP contribution is -2.43. The summed E-state index contributed by atoms with van der Waals surface area (Å²) in [4.78, 5) is 27.3. The van der Waals surface area contributed by atoms with Gasteiger partial charge in [0.05, 0.1) is 6.10 Å². The summed E-state index contributed by atoms with van der Waals surface area (Å²) in [6, 6.07) is 0. The molecule has 5 nitrogen and oxygen atoms in total. The topological polar surface area (TPSA) is 49.9 Å². The maximum absolute atomic E-state index is 12.3. The van der Waals surface area contributed by atoms with Crippen molar-refractivity contribution in [2.75, 3.05) is 33.3 Å². The first-order chi connectivity index (χ1) is 8.61. The minimum Gasteiger partial charge on any atom is -0.380 e. The molecule has 2 saturated heterocycles. The number of carbonyl (C=O) groups excluding carboxylic acids is 2. The Morgan fingerprint density at radius 3 is 2.17 bits per heavy atom. The van der Waals surface area contributed by atoms with Crippen molar-refractivity contribution in [3.8, 4) is 0 Å². The highest BCUT2D eigenvalue weighted by atomic mass is 16.5. The minimum absolute atomic E-state index is 0.0937. The van der Waals surface area contributed by atoms with E-state index in [1.54, 1.807) is 14.0 Å². The lowest BCUT2D eigenvalue weighted by atomic mass is 9.95. The van der Waals surface area contributed by atoms with E-state index in [4.69, 9.17) is 4.74 Å². The van der Waals surface area contributed by atoms with Crippen molar-refractivity contribution in [2.24, 2.45) is 5.92 Å². The summed E-state index contributed by atoms with van der Waals surface area (Å²) in [5.41, 5.74) is 0. The van der Waals surface area contributed by atoms with Crippen LogP contribution in [0.5, 0.6) is 0 Å². The molecule has 0 bridgehead atoms. The Hall–Kier alpha value is -1.10. The highest BCUT2D eigenvalue weighted by Gasteiger charge is 2.33. The van der Waals surface area contributed by atoms with Crippen LogP contribution in [0.4, 0.5) is 0 Å². The van der Waals surface area contributed by atoms with Crippen molar-refractivity contribution in [2.45, 2.75) is 32.3 Å². The summed E-state index contributed by atoms with van der Waals surface area (Å²) < 4.78 is 5.28. The molecule has 1 atom stereocenters. The Balaban J connectivity index is 1.83. The molecule has 2 amide bonds. The van der Waals surface area contributed by atoms with Gasteiger partial charge in [-0.2, -0.15) is 0 Å². The first kappa shape index (κ1) is 13.3. The van der Waals surface area contributed by atoms with E-state index in [1.807, 2.05) is 9.80 Å². The summed E-state index contributed by atoms with van der Waals surface area (Å²) in [5, 5.41) is 0. The molecule has 1 unspecified atom stereocenters. The third-order valence-electron chi connectivity index (χ3n) is 4.08. The summed E-state index contributed by atoms with van der Waals surface area (Å²) in [5.74, 6) is 0.454. The molecule has 0 radical (unpaired) electrons. The van der Waals surface area contributed by atoms with Crippen LogP contribution in [0.15, 0.2) is 0 Å². The van der Waals surface area contributed by atoms with E-state index in [0.717, 1.165) is 32.4 Å². The summed E-state index contributed by atoms with van der Waals surface area (Å²) in [7, 11) is 1.70. The molecule has 0 aliphatic carbocycles. The average molecular weight is 254 g/mol. The van der Waals surface area contributed by atoms with Crippen LogP contribution in [-0.4, -0.2) is 61.0 Å². The van der Waals surface area contributed by atoms with Gasteiger partial charge in [-0.25, -0.2) is 0 Å². The van der Waals surface area contributed by atoms with Crippen LogP contribution >= 0.6 is 0 Å². The maximum Gasteiger partial charge on any atom is 0.225 e. The van der Waals surface area contributed by atoms with Crippen LogP contribution < -0.4 is 0 Å². The second-order valence-electron chi connectivity index (χ2n) is 5.21. The number of piperidine rings is 1. The van der Waals surface area contributed by atoms with E-state index in [-0.39, 0.29) is 23.8 Å². The minimum atomic E-state index is 0.0937. The molecule has 0 saturated carbocycles. The van der Waals surface area contributed by atoms with Gasteiger partial charge in [-0.3, -0.25) is 9.59 Å². The number of nitrogens with zero attached hydrogens (tertiary/aromatic N) is 2. The van der Waals surface area contributed by atoms with E-state index in [9.17, 15) is 9.59 Å². The molecule has 2 rings (SSSR count). The van der Waals surface area contributed by atoms with E-state index in [0.29, 0.717) is 13.1 Å². The van der Waals surface area contributed by atoms with Gasteiger partial charge in [-0.05, 0) is 19.3 Å². The molecule has 0 aromatic rings. The highest BCUT2D eigenvalue weighted by Crippen LogP contribution is 2.22. The molecular weight excluding hydrogens is 232 g/mol. The fraction of sp³-hybridized carbons (Fsp3) is 0.846. The fourth-order valence-electron chi connectivity index (χ4n) is 2.82. The first-order valence-corrected chi connectivity index (χ1v) is 6.69. The molecule has 2 aliphatic rings. The van der Waals surface area contributed by atoms with Gasteiger partial charge in [-0.15, -0.1) is 0 Å². The third-order valence-corrected chi connectivity index (χ3v) is 4.08. The predicted molar refractivity (Wildman–Crippen MR) is 67.0 cm³/mol. The molecule has 2 aliphatic heterocycles. The predicted octanol–water partition coefficient (Wildman–Crippen LogP) is 0.492. The van der Waals surface area contributed by atoms with E-state index in [1.165, 1.54) is 0 Å². The Morgan fingerprint density at radius 2 is 1.67 bits per heavy atom. The van der Waals surface area contributed by atoms with Crippen LogP contribution in [0.2, 0.25) is 0 Å². The Bertz CT molecular complexity index is 324. The fourth-order valence-corrected chi connectivity index (χ4v) is 2.82. The zero-order chi connectivity index (χ0) is 13.1. The summed E-state index contributed by atoms with van der Waals surface area (Å²) in [6.45, 7) is 4.55. The number of amides is 2. The average Bonchev–Trinajstić information content (AvgIpc) is 2.86. The lowest BCUT2D eigenvalue weighted by molar-refractivity contribution is -0.139. The van der Waals surface area contributed by atoms with Crippen LogP contribution in [0.25, 0.3) is 0 Å². The van der Waals surface area contributed by atoms with Gasteiger partial charge >= 0.3 is 0 Å². The molecule has 0 aromatic heterocycles. The molecular formula is C13H22N2O3. The number of hydrogen-bond donors (Lipinski definition) is 0. The molecule has 5 heteroatoms. The van der Waals surface area contributed by atoms with Crippen molar-refractivity contribution in [1.82, 2.24) is 9.80 Å². The van der Waals surface area contributed by atoms with Gasteiger partial charge in [0.2, 0.25) is 11.8 Å². The molecule has 2 fully saturated rings. The smallest absolute Gasteiger partial charge is 0.225 e. The molecule has 2 heterocycles. The largest absolute Gasteiger partial charge is 0.380 e.